The Morgan fingerprint density at radius 2 is 2.06 bits per heavy atom. The lowest BCUT2D eigenvalue weighted by molar-refractivity contribution is 0.860. The van der Waals surface area contributed by atoms with E-state index in [9.17, 15) is 0 Å². The summed E-state index contributed by atoms with van der Waals surface area (Å²) in [4.78, 5) is 12.7. The first kappa shape index (κ1) is 11.1. The molecule has 7 heteroatoms. The van der Waals surface area contributed by atoms with Gasteiger partial charge in [0.15, 0.2) is 11.5 Å². The molecule has 3 heterocycles. The van der Waals surface area contributed by atoms with Gasteiger partial charge < -0.3 is 5.32 Å². The van der Waals surface area contributed by atoms with Gasteiger partial charge in [0.2, 0.25) is 0 Å². The topological polar surface area (TPSA) is 68.5 Å². The van der Waals surface area contributed by atoms with Crippen molar-refractivity contribution in [2.75, 3.05) is 12.4 Å². The van der Waals surface area contributed by atoms with Gasteiger partial charge in [0.05, 0.1) is 11.6 Å². The lowest BCUT2D eigenvalue weighted by Crippen LogP contribution is -2.01. The van der Waals surface area contributed by atoms with Crippen molar-refractivity contribution >= 4 is 32.8 Å². The summed E-state index contributed by atoms with van der Waals surface area (Å²) >= 11 is 3.35. The number of hydrogen-bond acceptors (Lipinski definition) is 5. The number of halogens is 1. The Hall–Kier alpha value is -2.02. The van der Waals surface area contributed by atoms with Crippen molar-refractivity contribution in [3.8, 4) is 5.82 Å². The molecule has 3 rings (SSSR count). The fourth-order valence-electron chi connectivity index (χ4n) is 1.70. The molecule has 18 heavy (non-hydrogen) atoms. The Kier molecular flexibility index (Phi) is 2.67. The molecule has 0 saturated heterocycles. The third-order valence-electron chi connectivity index (χ3n) is 2.53. The van der Waals surface area contributed by atoms with Gasteiger partial charge in [-0.3, -0.25) is 0 Å². The summed E-state index contributed by atoms with van der Waals surface area (Å²) in [5.41, 5.74) is 0.726. The molecule has 0 aromatic carbocycles. The third-order valence-corrected chi connectivity index (χ3v) is 3.00. The fourth-order valence-corrected chi connectivity index (χ4v) is 1.94. The van der Waals surface area contributed by atoms with Crippen molar-refractivity contribution in [3.63, 3.8) is 0 Å². The lowest BCUT2D eigenvalue weighted by Gasteiger charge is -2.02. The van der Waals surface area contributed by atoms with Crippen LogP contribution in [-0.4, -0.2) is 31.8 Å². The van der Waals surface area contributed by atoms with Crippen LogP contribution < -0.4 is 5.32 Å². The first-order valence-electron chi connectivity index (χ1n) is 5.28. The Morgan fingerprint density at radius 1 is 1.17 bits per heavy atom. The lowest BCUT2D eigenvalue weighted by atomic mass is 10.4. The highest BCUT2D eigenvalue weighted by Gasteiger charge is 2.10. The van der Waals surface area contributed by atoms with Crippen LogP contribution in [0.25, 0.3) is 16.9 Å². The monoisotopic (exact) mass is 304 g/mol. The molecule has 0 aliphatic heterocycles. The summed E-state index contributed by atoms with van der Waals surface area (Å²) in [7, 11) is 1.82. The van der Waals surface area contributed by atoms with Gasteiger partial charge >= 0.3 is 0 Å². The molecule has 0 amide bonds. The molecule has 0 aliphatic carbocycles. The maximum absolute atomic E-state index is 4.30. The van der Waals surface area contributed by atoms with Gasteiger partial charge in [-0.15, -0.1) is 0 Å². The molecule has 0 bridgehead atoms. The van der Waals surface area contributed by atoms with E-state index >= 15 is 0 Å². The molecule has 0 aliphatic rings. The van der Waals surface area contributed by atoms with Crippen LogP contribution >= 0.6 is 15.9 Å². The second-order valence-corrected chi connectivity index (χ2v) is 4.52. The first-order chi connectivity index (χ1) is 8.79. The summed E-state index contributed by atoms with van der Waals surface area (Å²) in [5.74, 6) is 1.47. The molecule has 6 nitrogen and oxygen atoms in total. The maximum atomic E-state index is 4.30. The smallest absolute Gasteiger partial charge is 0.170 e. The number of nitrogens with zero attached hydrogens (tertiary/aromatic N) is 5. The Morgan fingerprint density at radius 3 is 2.78 bits per heavy atom. The molecule has 0 spiro atoms. The SMILES string of the molecule is CNc1ncnc2c1cnn2-c1ccc(Br)cn1. The van der Waals surface area contributed by atoms with Crippen molar-refractivity contribution in [1.82, 2.24) is 24.7 Å². The van der Waals surface area contributed by atoms with Gasteiger partial charge in [0, 0.05) is 17.7 Å². The number of pyridine rings is 1. The van der Waals surface area contributed by atoms with Gasteiger partial charge in [-0.25, -0.2) is 15.0 Å². The molecule has 0 atom stereocenters. The van der Waals surface area contributed by atoms with E-state index in [0.29, 0.717) is 5.82 Å². The fraction of sp³-hybridized carbons (Fsp3) is 0.0909. The number of fused-ring (bicyclic) bond motifs is 1. The number of nitrogens with one attached hydrogen (secondary N) is 1. The minimum Gasteiger partial charge on any atom is -0.372 e. The van der Waals surface area contributed by atoms with E-state index in [-0.39, 0.29) is 0 Å². The van der Waals surface area contributed by atoms with Gasteiger partial charge in [0.1, 0.15) is 12.1 Å². The summed E-state index contributed by atoms with van der Waals surface area (Å²) < 4.78 is 2.61. The third kappa shape index (κ3) is 1.72. The van der Waals surface area contributed by atoms with Crippen LogP contribution in [0.5, 0.6) is 0 Å². The maximum Gasteiger partial charge on any atom is 0.170 e. The molecule has 3 aromatic heterocycles. The van der Waals surface area contributed by atoms with Crippen LogP contribution in [0.2, 0.25) is 0 Å². The zero-order chi connectivity index (χ0) is 12.5. The van der Waals surface area contributed by atoms with Crippen molar-refractivity contribution in [3.05, 3.63) is 35.3 Å². The van der Waals surface area contributed by atoms with E-state index in [1.807, 2.05) is 19.2 Å². The molecule has 1 N–H and O–H groups in total. The highest BCUT2D eigenvalue weighted by molar-refractivity contribution is 9.10. The van der Waals surface area contributed by atoms with Crippen molar-refractivity contribution in [2.45, 2.75) is 0 Å². The standard InChI is InChI=1S/C11H9BrN6/c1-13-10-8-5-17-18(11(8)16-6-15-10)9-3-2-7(12)4-14-9/h2-6H,1H3,(H,13,15,16). The highest BCUT2D eigenvalue weighted by Crippen LogP contribution is 2.20. The zero-order valence-corrected chi connectivity index (χ0v) is 11.1. The molecule has 3 aromatic rings. The van der Waals surface area contributed by atoms with E-state index in [0.717, 1.165) is 21.3 Å². The molecule has 90 valence electrons. The highest BCUT2D eigenvalue weighted by atomic mass is 79.9. The van der Waals surface area contributed by atoms with Gasteiger partial charge in [-0.2, -0.15) is 9.78 Å². The second-order valence-electron chi connectivity index (χ2n) is 3.60. The van der Waals surface area contributed by atoms with Crippen molar-refractivity contribution < 1.29 is 0 Å². The van der Waals surface area contributed by atoms with Gasteiger partial charge in [-0.1, -0.05) is 0 Å². The minimum absolute atomic E-state index is 0.717. The van der Waals surface area contributed by atoms with Crippen LogP contribution in [0, 0.1) is 0 Å². The molecule has 0 fully saturated rings. The van der Waals surface area contributed by atoms with E-state index in [4.69, 9.17) is 0 Å². The van der Waals surface area contributed by atoms with Crippen molar-refractivity contribution in [1.29, 1.82) is 0 Å². The molecule has 0 saturated carbocycles. The summed E-state index contributed by atoms with van der Waals surface area (Å²) in [6.07, 6.45) is 4.96. The van der Waals surface area contributed by atoms with Crippen LogP contribution in [0.3, 0.4) is 0 Å². The molecule has 0 unspecified atom stereocenters. The van der Waals surface area contributed by atoms with E-state index < -0.39 is 0 Å². The second kappa shape index (κ2) is 4.34. The average molecular weight is 305 g/mol. The zero-order valence-electron chi connectivity index (χ0n) is 9.50. The summed E-state index contributed by atoms with van der Waals surface area (Å²) in [6.45, 7) is 0. The van der Waals surface area contributed by atoms with Crippen LogP contribution in [0.4, 0.5) is 5.82 Å². The van der Waals surface area contributed by atoms with Crippen LogP contribution in [0.1, 0.15) is 0 Å². The first-order valence-corrected chi connectivity index (χ1v) is 6.07. The quantitative estimate of drug-likeness (QED) is 0.784. The number of aromatic nitrogens is 5. The normalized spacial score (nSPS) is 10.8. The molecular weight excluding hydrogens is 296 g/mol. The Balaban J connectivity index is 2.21. The van der Waals surface area contributed by atoms with Crippen molar-refractivity contribution in [2.24, 2.45) is 0 Å². The minimum atomic E-state index is 0.717. The summed E-state index contributed by atoms with van der Waals surface area (Å²) in [6, 6.07) is 3.79. The molecular formula is C11H9BrN6. The summed E-state index contributed by atoms with van der Waals surface area (Å²) in [5, 5.41) is 8.18. The largest absolute Gasteiger partial charge is 0.372 e. The van der Waals surface area contributed by atoms with E-state index in [1.54, 1.807) is 17.1 Å². The van der Waals surface area contributed by atoms with E-state index in [1.165, 1.54) is 6.33 Å². The Labute approximate surface area is 111 Å². The number of rotatable bonds is 2. The number of anilines is 1. The van der Waals surface area contributed by atoms with Gasteiger partial charge in [0.25, 0.3) is 0 Å². The van der Waals surface area contributed by atoms with Crippen LogP contribution in [-0.2, 0) is 0 Å². The number of hydrogen-bond donors (Lipinski definition) is 1. The average Bonchev–Trinajstić information content (AvgIpc) is 2.83. The van der Waals surface area contributed by atoms with E-state index in [2.05, 4.69) is 41.3 Å². The van der Waals surface area contributed by atoms with Gasteiger partial charge in [-0.05, 0) is 28.1 Å². The Bertz CT molecular complexity index is 690. The molecule has 0 radical (unpaired) electrons. The van der Waals surface area contributed by atoms with Crippen LogP contribution in [0.15, 0.2) is 35.3 Å². The predicted molar refractivity (Wildman–Crippen MR) is 71.7 cm³/mol. The predicted octanol–water partition coefficient (Wildman–Crippen LogP) is 2.01.